The molecule has 6 heteroatoms. The summed E-state index contributed by atoms with van der Waals surface area (Å²) >= 11 is 5.82. The van der Waals surface area contributed by atoms with Crippen LogP contribution in [0.15, 0.2) is 41.0 Å². The molecule has 2 rings (SSSR count). The summed E-state index contributed by atoms with van der Waals surface area (Å²) in [5.41, 5.74) is 0.211. The van der Waals surface area contributed by atoms with Gasteiger partial charge in [0.1, 0.15) is 17.7 Å². The van der Waals surface area contributed by atoms with Gasteiger partial charge in [-0.1, -0.05) is 11.6 Å². The average molecular weight is 298 g/mol. The minimum Gasteiger partial charge on any atom is -0.467 e. The van der Waals surface area contributed by atoms with Crippen molar-refractivity contribution in [1.29, 1.82) is 0 Å². The maximum atomic E-state index is 12.9. The number of carbonyl (C=O) groups is 1. The number of hydrogen-bond acceptors (Lipinski definition) is 3. The van der Waals surface area contributed by atoms with Crippen LogP contribution in [0.2, 0.25) is 5.02 Å². The summed E-state index contributed by atoms with van der Waals surface area (Å²) in [6.07, 6.45) is 1.13. The minimum atomic E-state index is -0.489. The maximum Gasteiger partial charge on any atom is 0.252 e. The molecule has 0 saturated carbocycles. The topological polar surface area (TPSA) is 51.5 Å². The Morgan fingerprint density at radius 2 is 2.30 bits per heavy atom. The van der Waals surface area contributed by atoms with Crippen LogP contribution in [0.25, 0.3) is 0 Å². The maximum absolute atomic E-state index is 12.9. The van der Waals surface area contributed by atoms with Gasteiger partial charge in [0.15, 0.2) is 0 Å². The number of carbonyl (C=O) groups excluding carboxylic acids is 1. The summed E-state index contributed by atoms with van der Waals surface area (Å²) in [6.45, 7) is 0.219. The molecular formula is C14H13ClFNO3. The molecule has 2 aromatic rings. The molecule has 0 fully saturated rings. The molecule has 1 heterocycles. The van der Waals surface area contributed by atoms with Crippen LogP contribution in [0, 0.1) is 5.82 Å². The summed E-state index contributed by atoms with van der Waals surface area (Å²) < 4.78 is 23.4. The zero-order valence-corrected chi connectivity index (χ0v) is 11.5. The number of hydrogen-bond donors (Lipinski definition) is 1. The van der Waals surface area contributed by atoms with Crippen LogP contribution in [-0.2, 0) is 4.74 Å². The molecule has 0 aliphatic carbocycles. The van der Waals surface area contributed by atoms with E-state index in [4.69, 9.17) is 20.8 Å². The Labute approximate surface area is 120 Å². The second kappa shape index (κ2) is 6.54. The molecule has 0 aliphatic heterocycles. The number of rotatable bonds is 5. The first kappa shape index (κ1) is 14.6. The summed E-state index contributed by atoms with van der Waals surface area (Å²) in [4.78, 5) is 12.0. The number of halogens is 2. The highest BCUT2D eigenvalue weighted by Crippen LogP contribution is 2.19. The summed E-state index contributed by atoms with van der Waals surface area (Å²) in [5.74, 6) is -0.279. The van der Waals surface area contributed by atoms with Crippen LogP contribution >= 0.6 is 11.6 Å². The second-order valence-corrected chi connectivity index (χ2v) is 4.48. The van der Waals surface area contributed by atoms with Crippen LogP contribution < -0.4 is 5.32 Å². The molecule has 1 atom stereocenters. The molecule has 0 radical (unpaired) electrons. The molecule has 1 aromatic heterocycles. The first-order chi connectivity index (χ1) is 9.61. The second-order valence-electron chi connectivity index (χ2n) is 4.07. The molecule has 0 bridgehead atoms. The Hall–Kier alpha value is -1.85. The Balaban J connectivity index is 2.01. The number of benzene rings is 1. The van der Waals surface area contributed by atoms with Gasteiger partial charge in [0.2, 0.25) is 0 Å². The molecule has 0 spiro atoms. The normalized spacial score (nSPS) is 12.2. The highest BCUT2D eigenvalue weighted by atomic mass is 35.5. The standard InChI is InChI=1S/C14H13ClFNO3/c1-19-13(12-3-2-6-20-12)8-17-14(18)10-5-4-9(16)7-11(10)15/h2-7,13H,8H2,1H3,(H,17,18)/t13-/m0/s1. The van der Waals surface area contributed by atoms with Crippen molar-refractivity contribution in [3.8, 4) is 0 Å². The molecule has 4 nitrogen and oxygen atoms in total. The minimum absolute atomic E-state index is 0.0643. The molecule has 0 saturated heterocycles. The number of nitrogens with one attached hydrogen (secondary N) is 1. The van der Waals surface area contributed by atoms with Crippen molar-refractivity contribution in [3.05, 3.63) is 58.8 Å². The van der Waals surface area contributed by atoms with E-state index in [0.717, 1.165) is 6.07 Å². The van der Waals surface area contributed by atoms with Gasteiger partial charge in [0.25, 0.3) is 5.91 Å². The highest BCUT2D eigenvalue weighted by Gasteiger charge is 2.16. The lowest BCUT2D eigenvalue weighted by Gasteiger charge is -2.14. The van der Waals surface area contributed by atoms with Gasteiger partial charge in [0.05, 0.1) is 23.4 Å². The fourth-order valence-corrected chi connectivity index (χ4v) is 1.98. The third kappa shape index (κ3) is 3.37. The Morgan fingerprint density at radius 3 is 2.90 bits per heavy atom. The lowest BCUT2D eigenvalue weighted by atomic mass is 10.2. The number of ether oxygens (including phenoxy) is 1. The predicted molar refractivity (Wildman–Crippen MR) is 72.2 cm³/mol. The molecule has 1 N–H and O–H groups in total. The van der Waals surface area contributed by atoms with Crippen LogP contribution in [0.5, 0.6) is 0 Å². The van der Waals surface area contributed by atoms with Crippen molar-refractivity contribution in [3.63, 3.8) is 0 Å². The monoisotopic (exact) mass is 297 g/mol. The average Bonchev–Trinajstić information content (AvgIpc) is 2.93. The summed E-state index contributed by atoms with van der Waals surface area (Å²) in [6, 6.07) is 7.10. The van der Waals surface area contributed by atoms with Crippen molar-refractivity contribution in [2.45, 2.75) is 6.10 Å². The van der Waals surface area contributed by atoms with Gasteiger partial charge >= 0.3 is 0 Å². The molecule has 1 amide bonds. The highest BCUT2D eigenvalue weighted by molar-refractivity contribution is 6.33. The molecule has 106 valence electrons. The zero-order valence-electron chi connectivity index (χ0n) is 10.7. The van der Waals surface area contributed by atoms with Gasteiger partial charge in [-0.3, -0.25) is 4.79 Å². The fourth-order valence-electron chi connectivity index (χ4n) is 1.73. The van der Waals surface area contributed by atoms with Crippen LogP contribution in [0.4, 0.5) is 4.39 Å². The third-order valence-electron chi connectivity index (χ3n) is 2.77. The lowest BCUT2D eigenvalue weighted by Crippen LogP contribution is -2.29. The van der Waals surface area contributed by atoms with E-state index in [9.17, 15) is 9.18 Å². The summed E-state index contributed by atoms with van der Waals surface area (Å²) in [7, 11) is 1.52. The molecule has 20 heavy (non-hydrogen) atoms. The first-order valence-corrected chi connectivity index (χ1v) is 6.29. The van der Waals surface area contributed by atoms with Crippen molar-refractivity contribution < 1.29 is 18.3 Å². The Bertz CT molecular complexity index is 586. The smallest absolute Gasteiger partial charge is 0.252 e. The largest absolute Gasteiger partial charge is 0.467 e. The predicted octanol–water partition coefficient (Wildman–Crippen LogP) is 3.19. The van der Waals surface area contributed by atoms with E-state index in [0.29, 0.717) is 5.76 Å². The Kier molecular flexibility index (Phi) is 4.76. The quantitative estimate of drug-likeness (QED) is 0.922. The number of methoxy groups -OCH3 is 1. The van der Waals surface area contributed by atoms with Gasteiger partial charge < -0.3 is 14.5 Å². The lowest BCUT2D eigenvalue weighted by molar-refractivity contribution is 0.0738. The van der Waals surface area contributed by atoms with E-state index < -0.39 is 17.8 Å². The van der Waals surface area contributed by atoms with Gasteiger partial charge in [-0.15, -0.1) is 0 Å². The van der Waals surface area contributed by atoms with Crippen LogP contribution in [0.3, 0.4) is 0 Å². The van der Waals surface area contributed by atoms with E-state index in [1.807, 2.05) is 0 Å². The zero-order chi connectivity index (χ0) is 14.5. The third-order valence-corrected chi connectivity index (χ3v) is 3.08. The van der Waals surface area contributed by atoms with Crippen molar-refractivity contribution in [2.24, 2.45) is 0 Å². The van der Waals surface area contributed by atoms with Gasteiger partial charge in [0, 0.05) is 7.11 Å². The fraction of sp³-hybridized carbons (Fsp3) is 0.214. The van der Waals surface area contributed by atoms with Crippen LogP contribution in [-0.4, -0.2) is 19.6 Å². The van der Waals surface area contributed by atoms with E-state index >= 15 is 0 Å². The van der Waals surface area contributed by atoms with Crippen molar-refractivity contribution in [1.82, 2.24) is 5.32 Å². The number of furan rings is 1. The van der Waals surface area contributed by atoms with Gasteiger partial charge in [-0.25, -0.2) is 4.39 Å². The van der Waals surface area contributed by atoms with Crippen LogP contribution in [0.1, 0.15) is 22.2 Å². The van der Waals surface area contributed by atoms with Crippen molar-refractivity contribution in [2.75, 3.05) is 13.7 Å². The SMILES string of the molecule is CO[C@@H](CNC(=O)c1ccc(F)cc1Cl)c1ccco1. The molecule has 1 aromatic carbocycles. The van der Waals surface area contributed by atoms with Crippen molar-refractivity contribution >= 4 is 17.5 Å². The van der Waals surface area contributed by atoms with E-state index in [1.165, 1.54) is 25.5 Å². The van der Waals surface area contributed by atoms with E-state index in [-0.39, 0.29) is 17.1 Å². The number of amides is 1. The van der Waals surface area contributed by atoms with E-state index in [1.54, 1.807) is 12.1 Å². The first-order valence-electron chi connectivity index (χ1n) is 5.91. The van der Waals surface area contributed by atoms with Gasteiger partial charge in [-0.2, -0.15) is 0 Å². The summed E-state index contributed by atoms with van der Waals surface area (Å²) in [5, 5.41) is 2.73. The Morgan fingerprint density at radius 1 is 1.50 bits per heavy atom. The molecular weight excluding hydrogens is 285 g/mol. The molecule has 0 unspecified atom stereocenters. The molecule has 0 aliphatic rings. The van der Waals surface area contributed by atoms with Gasteiger partial charge in [-0.05, 0) is 30.3 Å². The van der Waals surface area contributed by atoms with E-state index in [2.05, 4.69) is 5.32 Å².